The van der Waals surface area contributed by atoms with Crippen molar-refractivity contribution in [2.24, 2.45) is 0 Å². The number of hydrogen-bond acceptors (Lipinski definition) is 1. The van der Waals surface area contributed by atoms with E-state index in [1.165, 1.54) is 60.4 Å². The Morgan fingerprint density at radius 2 is 1.07 bits per heavy atom. The second kappa shape index (κ2) is 9.69. The minimum atomic E-state index is 0.918. The molecule has 0 amide bonds. The molecule has 0 saturated carbocycles. The van der Waals surface area contributed by atoms with Crippen molar-refractivity contribution in [2.75, 3.05) is 0 Å². The number of hydrogen-bond donors (Lipinski definition) is 0. The number of furan rings is 1. The van der Waals surface area contributed by atoms with E-state index < -0.39 is 0 Å². The summed E-state index contributed by atoms with van der Waals surface area (Å²) in [5.74, 6) is 0. The van der Waals surface area contributed by atoms with Crippen LogP contribution in [0.25, 0.3) is 93.6 Å². The van der Waals surface area contributed by atoms with Crippen LogP contribution in [0, 0.1) is 0 Å². The van der Waals surface area contributed by atoms with Gasteiger partial charge < -0.3 is 8.98 Å². The van der Waals surface area contributed by atoms with Gasteiger partial charge in [0.15, 0.2) is 0 Å². The van der Waals surface area contributed by atoms with Crippen LogP contribution < -0.4 is 0 Å². The van der Waals surface area contributed by atoms with Crippen LogP contribution in [-0.2, 0) is 0 Å². The fourth-order valence-electron chi connectivity index (χ4n) is 7.50. The maximum absolute atomic E-state index is 6.51. The summed E-state index contributed by atoms with van der Waals surface area (Å²) >= 11 is 0. The summed E-state index contributed by atoms with van der Waals surface area (Å²) in [6.45, 7) is 0. The first-order chi connectivity index (χ1) is 22.8. The third-order valence-electron chi connectivity index (χ3n) is 9.54. The third-order valence-corrected chi connectivity index (χ3v) is 9.54. The summed E-state index contributed by atoms with van der Waals surface area (Å²) in [6.07, 6.45) is 0. The Balaban J connectivity index is 1.28. The highest BCUT2D eigenvalue weighted by Gasteiger charge is 2.21. The summed E-state index contributed by atoms with van der Waals surface area (Å²) in [5.41, 5.74) is 12.5. The molecular formula is C44H27NO. The lowest BCUT2D eigenvalue weighted by atomic mass is 9.94. The second-order valence-corrected chi connectivity index (χ2v) is 12.1. The molecule has 2 nitrogen and oxygen atoms in total. The monoisotopic (exact) mass is 585 g/mol. The van der Waals surface area contributed by atoms with E-state index in [0.717, 1.165) is 33.2 Å². The van der Waals surface area contributed by atoms with Crippen molar-refractivity contribution in [3.05, 3.63) is 164 Å². The second-order valence-electron chi connectivity index (χ2n) is 12.1. The van der Waals surface area contributed by atoms with Crippen molar-refractivity contribution < 1.29 is 4.42 Å². The van der Waals surface area contributed by atoms with Gasteiger partial charge in [0.25, 0.3) is 0 Å². The number of rotatable bonds is 4. The number of fused-ring (bicyclic) bond motifs is 3. The molecule has 0 N–H and O–H groups in total. The summed E-state index contributed by atoms with van der Waals surface area (Å²) in [4.78, 5) is 0. The predicted octanol–water partition coefficient (Wildman–Crippen LogP) is 12.3. The van der Waals surface area contributed by atoms with E-state index in [2.05, 4.69) is 162 Å². The van der Waals surface area contributed by atoms with E-state index in [9.17, 15) is 0 Å². The van der Waals surface area contributed by atoms with Gasteiger partial charge in [-0.05, 0) is 75.0 Å². The Morgan fingerprint density at radius 3 is 1.85 bits per heavy atom. The molecule has 10 rings (SSSR count). The molecule has 0 aliphatic carbocycles. The van der Waals surface area contributed by atoms with Crippen molar-refractivity contribution in [2.45, 2.75) is 0 Å². The van der Waals surface area contributed by atoms with Crippen LogP contribution in [0.1, 0.15) is 0 Å². The minimum Gasteiger partial charge on any atom is -0.455 e. The molecule has 0 fully saturated rings. The minimum absolute atomic E-state index is 0.918. The van der Waals surface area contributed by atoms with Gasteiger partial charge >= 0.3 is 0 Å². The highest BCUT2D eigenvalue weighted by molar-refractivity contribution is 6.27. The normalized spacial score (nSPS) is 11.9. The lowest BCUT2D eigenvalue weighted by molar-refractivity contribution is 0.670. The van der Waals surface area contributed by atoms with Crippen LogP contribution in [0.5, 0.6) is 0 Å². The SMILES string of the molecule is c1ccc(-c2cc(-c3ccccc3)cc(-n3c4cccc5ccc6c(-c7cccc8c7oc7ccccc78)ccc3c6c54)c2)cc1. The predicted molar refractivity (Wildman–Crippen MR) is 193 cm³/mol. The van der Waals surface area contributed by atoms with Gasteiger partial charge in [0, 0.05) is 32.8 Å². The molecule has 0 spiro atoms. The average Bonchev–Trinajstić information content (AvgIpc) is 3.68. The van der Waals surface area contributed by atoms with Crippen LogP contribution in [-0.4, -0.2) is 4.57 Å². The van der Waals surface area contributed by atoms with Crippen LogP contribution in [0.15, 0.2) is 168 Å². The van der Waals surface area contributed by atoms with E-state index in [1.54, 1.807) is 0 Å². The third kappa shape index (κ3) is 3.65. The lowest BCUT2D eigenvalue weighted by Gasteiger charge is -2.14. The smallest absolute Gasteiger partial charge is 0.143 e. The van der Waals surface area contributed by atoms with Gasteiger partial charge in [0.2, 0.25) is 0 Å². The molecule has 0 saturated heterocycles. The van der Waals surface area contributed by atoms with E-state index >= 15 is 0 Å². The highest BCUT2D eigenvalue weighted by atomic mass is 16.3. The molecule has 46 heavy (non-hydrogen) atoms. The maximum Gasteiger partial charge on any atom is 0.143 e. The zero-order chi connectivity index (χ0) is 30.2. The standard InChI is InChI=1S/C44H27NO/c1-3-11-28(12-4-1)31-25-32(29-13-5-2-6-14-29)27-33(26-31)45-39-19-9-15-30-21-22-36-34(23-24-40(45)43(36)42(30)39)37-17-10-18-38-35-16-7-8-20-41(35)46-44(37)38/h1-27H. The Kier molecular flexibility index (Phi) is 5.31. The first-order valence-electron chi connectivity index (χ1n) is 15.8. The van der Waals surface area contributed by atoms with E-state index in [0.29, 0.717) is 0 Å². The molecule has 2 heterocycles. The van der Waals surface area contributed by atoms with Crippen molar-refractivity contribution in [1.82, 2.24) is 4.57 Å². The van der Waals surface area contributed by atoms with E-state index in [4.69, 9.17) is 4.42 Å². The van der Waals surface area contributed by atoms with Crippen molar-refractivity contribution in [1.29, 1.82) is 0 Å². The molecule has 0 aliphatic heterocycles. The molecular weight excluding hydrogens is 558 g/mol. The maximum atomic E-state index is 6.51. The lowest BCUT2D eigenvalue weighted by Crippen LogP contribution is -1.96. The van der Waals surface area contributed by atoms with Gasteiger partial charge in [-0.1, -0.05) is 127 Å². The summed E-state index contributed by atoms with van der Waals surface area (Å²) in [5, 5.41) is 7.35. The first-order valence-corrected chi connectivity index (χ1v) is 15.8. The van der Waals surface area contributed by atoms with Gasteiger partial charge in [0.05, 0.1) is 11.0 Å². The van der Waals surface area contributed by atoms with Crippen LogP contribution in [0.3, 0.4) is 0 Å². The fourth-order valence-corrected chi connectivity index (χ4v) is 7.50. The number of benzene rings is 8. The average molecular weight is 586 g/mol. The Morgan fingerprint density at radius 1 is 0.391 bits per heavy atom. The summed E-state index contributed by atoms with van der Waals surface area (Å²) in [7, 11) is 0. The zero-order valence-electron chi connectivity index (χ0n) is 24.9. The van der Waals surface area contributed by atoms with Crippen molar-refractivity contribution >= 4 is 54.5 Å². The number of para-hydroxylation sites is 2. The molecule has 10 aromatic rings. The first kappa shape index (κ1) is 25.2. The zero-order valence-corrected chi connectivity index (χ0v) is 24.9. The van der Waals surface area contributed by atoms with Gasteiger partial charge in [-0.15, -0.1) is 0 Å². The summed E-state index contributed by atoms with van der Waals surface area (Å²) in [6, 6.07) is 59.0. The molecule has 0 bridgehead atoms. The molecule has 0 unspecified atom stereocenters. The largest absolute Gasteiger partial charge is 0.455 e. The topological polar surface area (TPSA) is 18.1 Å². The molecule has 8 aromatic carbocycles. The van der Waals surface area contributed by atoms with Gasteiger partial charge in [-0.25, -0.2) is 0 Å². The number of nitrogens with zero attached hydrogens (tertiary/aromatic N) is 1. The molecule has 0 radical (unpaired) electrons. The quantitative estimate of drug-likeness (QED) is 0.188. The highest BCUT2D eigenvalue weighted by Crippen LogP contribution is 2.45. The van der Waals surface area contributed by atoms with Crippen LogP contribution >= 0.6 is 0 Å². The molecule has 0 aliphatic rings. The van der Waals surface area contributed by atoms with Crippen LogP contribution in [0.4, 0.5) is 0 Å². The molecule has 214 valence electrons. The summed E-state index contributed by atoms with van der Waals surface area (Å²) < 4.78 is 8.96. The fraction of sp³-hybridized carbons (Fsp3) is 0. The van der Waals surface area contributed by atoms with E-state index in [-0.39, 0.29) is 0 Å². The number of aromatic nitrogens is 1. The Bertz CT molecular complexity index is 2670. The Labute approximate surface area is 265 Å². The van der Waals surface area contributed by atoms with Gasteiger partial charge in [-0.3, -0.25) is 0 Å². The Hall–Kier alpha value is -6.12. The molecule has 2 aromatic heterocycles. The van der Waals surface area contributed by atoms with Crippen molar-refractivity contribution in [3.63, 3.8) is 0 Å². The van der Waals surface area contributed by atoms with Gasteiger partial charge in [0.1, 0.15) is 11.2 Å². The van der Waals surface area contributed by atoms with Crippen molar-refractivity contribution in [3.8, 4) is 39.1 Å². The molecule has 0 atom stereocenters. The van der Waals surface area contributed by atoms with Crippen LogP contribution in [0.2, 0.25) is 0 Å². The van der Waals surface area contributed by atoms with E-state index in [1.807, 2.05) is 6.07 Å². The molecule has 2 heteroatoms. The van der Waals surface area contributed by atoms with Gasteiger partial charge in [-0.2, -0.15) is 0 Å².